The number of aliphatic hydroxyl groups excluding tert-OH is 1. The standard InChI is InChI=1S/C21H26O5/c1-18-7-5-13(23)9-12(18)3-4-15-14-6-8-20(25,16(24)11-22)19(14,2)10-17-21(15,18)26-17/h5,7,9,14-15,17,22,25H,3-4,6,8,10-11H2,1-2H3/t14-,15+,17+,18-,19-,20-,21-/m0/s1. The second kappa shape index (κ2) is 4.75. The zero-order valence-electron chi connectivity index (χ0n) is 15.3. The lowest BCUT2D eigenvalue weighted by atomic mass is 9.47. The van der Waals surface area contributed by atoms with Gasteiger partial charge in [-0.05, 0) is 63.0 Å². The number of rotatable bonds is 2. The quantitative estimate of drug-likeness (QED) is 0.734. The molecule has 3 saturated carbocycles. The van der Waals surface area contributed by atoms with E-state index in [1.165, 1.54) is 0 Å². The maximum Gasteiger partial charge on any atom is 0.190 e. The number of carbonyl (C=O) groups is 2. The molecule has 4 aliphatic carbocycles. The fourth-order valence-corrected chi connectivity index (χ4v) is 7.24. The van der Waals surface area contributed by atoms with Crippen molar-refractivity contribution < 1.29 is 24.5 Å². The Morgan fingerprint density at radius 1 is 1.31 bits per heavy atom. The van der Waals surface area contributed by atoms with Crippen molar-refractivity contribution in [3.05, 3.63) is 23.8 Å². The Morgan fingerprint density at radius 3 is 2.81 bits per heavy atom. The first-order valence-corrected chi connectivity index (χ1v) is 9.71. The van der Waals surface area contributed by atoms with Gasteiger partial charge < -0.3 is 14.9 Å². The summed E-state index contributed by atoms with van der Waals surface area (Å²) in [6, 6.07) is 0. The number of hydrogen-bond acceptors (Lipinski definition) is 5. The van der Waals surface area contributed by atoms with E-state index in [0.29, 0.717) is 12.8 Å². The SMILES string of the molecule is C[C@]12C=CC(=O)C=C1CC[C@@H]1[C@@H]3CC[C@](O)(C(=O)CO)[C@@]3(C)C[C@H]3O[C@@]132. The van der Waals surface area contributed by atoms with Crippen molar-refractivity contribution in [1.82, 2.24) is 0 Å². The van der Waals surface area contributed by atoms with Gasteiger partial charge in [-0.3, -0.25) is 9.59 Å². The van der Waals surface area contributed by atoms with E-state index in [0.717, 1.165) is 24.8 Å². The minimum absolute atomic E-state index is 0.0172. The van der Waals surface area contributed by atoms with Gasteiger partial charge >= 0.3 is 0 Å². The first-order chi connectivity index (χ1) is 12.2. The first-order valence-electron chi connectivity index (χ1n) is 9.71. The second-order valence-corrected chi connectivity index (χ2v) is 9.36. The molecule has 0 radical (unpaired) electrons. The third-order valence-electron chi connectivity index (χ3n) is 8.69. The largest absolute Gasteiger partial charge is 0.388 e. The van der Waals surface area contributed by atoms with E-state index in [1.807, 2.05) is 13.0 Å². The Hall–Kier alpha value is -1.30. The Morgan fingerprint density at radius 2 is 2.08 bits per heavy atom. The van der Waals surface area contributed by atoms with Crippen LogP contribution in [0.4, 0.5) is 0 Å². The van der Waals surface area contributed by atoms with Crippen LogP contribution < -0.4 is 0 Å². The number of Topliss-reactive ketones (excluding diaryl/α,β-unsaturated/α-hetero) is 1. The predicted molar refractivity (Wildman–Crippen MR) is 93.2 cm³/mol. The van der Waals surface area contributed by atoms with Gasteiger partial charge in [-0.15, -0.1) is 0 Å². The molecular formula is C21H26O5. The van der Waals surface area contributed by atoms with E-state index < -0.39 is 23.4 Å². The van der Waals surface area contributed by atoms with Crippen LogP contribution in [0.3, 0.4) is 0 Å². The van der Waals surface area contributed by atoms with Gasteiger partial charge in [0.2, 0.25) is 0 Å². The Bertz CT molecular complexity index is 783. The summed E-state index contributed by atoms with van der Waals surface area (Å²) in [7, 11) is 0. The number of allylic oxidation sites excluding steroid dienone is 2. The van der Waals surface area contributed by atoms with Crippen molar-refractivity contribution in [2.24, 2.45) is 22.7 Å². The molecule has 5 rings (SSSR count). The molecule has 1 saturated heterocycles. The molecule has 0 bridgehead atoms. The van der Waals surface area contributed by atoms with Gasteiger partial charge in [0.05, 0.1) is 6.10 Å². The Labute approximate surface area is 153 Å². The van der Waals surface area contributed by atoms with Crippen LogP contribution >= 0.6 is 0 Å². The molecule has 5 heteroatoms. The summed E-state index contributed by atoms with van der Waals surface area (Å²) in [5.74, 6) is 0.0355. The molecule has 1 spiro atoms. The molecule has 0 aromatic rings. The highest BCUT2D eigenvalue weighted by Gasteiger charge is 2.81. The Balaban J connectivity index is 1.58. The fraction of sp³-hybridized carbons (Fsp3) is 0.714. The van der Waals surface area contributed by atoms with Crippen molar-refractivity contribution in [2.75, 3.05) is 6.61 Å². The monoisotopic (exact) mass is 358 g/mol. The minimum Gasteiger partial charge on any atom is -0.388 e. The summed E-state index contributed by atoms with van der Waals surface area (Å²) in [6.07, 6.45) is 9.04. The van der Waals surface area contributed by atoms with Gasteiger partial charge in [0.1, 0.15) is 17.8 Å². The zero-order valence-corrected chi connectivity index (χ0v) is 15.3. The highest BCUT2D eigenvalue weighted by atomic mass is 16.6. The number of aliphatic hydroxyl groups is 2. The molecular weight excluding hydrogens is 332 g/mol. The summed E-state index contributed by atoms with van der Waals surface area (Å²) < 4.78 is 6.40. The Kier molecular flexibility index (Phi) is 3.08. The summed E-state index contributed by atoms with van der Waals surface area (Å²) in [5.41, 5.74) is -1.45. The third kappa shape index (κ3) is 1.60. The van der Waals surface area contributed by atoms with Crippen molar-refractivity contribution in [1.29, 1.82) is 0 Å². The molecule has 1 aliphatic heterocycles. The van der Waals surface area contributed by atoms with E-state index in [-0.39, 0.29) is 34.7 Å². The van der Waals surface area contributed by atoms with Gasteiger partial charge in [0, 0.05) is 10.8 Å². The number of fused-ring (bicyclic) bond motifs is 3. The molecule has 140 valence electrons. The van der Waals surface area contributed by atoms with E-state index in [2.05, 4.69) is 6.92 Å². The second-order valence-electron chi connectivity index (χ2n) is 9.36. The summed E-state index contributed by atoms with van der Waals surface area (Å²) in [6.45, 7) is 3.57. The molecule has 0 amide bonds. The van der Waals surface area contributed by atoms with Gasteiger partial charge in [0.15, 0.2) is 11.6 Å². The van der Waals surface area contributed by atoms with Crippen LogP contribution in [0, 0.1) is 22.7 Å². The smallest absolute Gasteiger partial charge is 0.190 e. The number of ketones is 2. The topological polar surface area (TPSA) is 87.1 Å². The molecule has 1 heterocycles. The van der Waals surface area contributed by atoms with Gasteiger partial charge in [0.25, 0.3) is 0 Å². The molecule has 2 N–H and O–H groups in total. The van der Waals surface area contributed by atoms with Crippen molar-refractivity contribution in [3.8, 4) is 0 Å². The molecule has 4 fully saturated rings. The normalized spacial score (nSPS) is 53.9. The van der Waals surface area contributed by atoms with E-state index >= 15 is 0 Å². The maximum absolute atomic E-state index is 12.4. The van der Waals surface area contributed by atoms with Crippen molar-refractivity contribution in [3.63, 3.8) is 0 Å². The number of epoxide rings is 1. The third-order valence-corrected chi connectivity index (χ3v) is 8.69. The zero-order chi connectivity index (χ0) is 18.5. The van der Waals surface area contributed by atoms with Gasteiger partial charge in [-0.2, -0.15) is 0 Å². The molecule has 26 heavy (non-hydrogen) atoms. The number of ether oxygens (including phenoxy) is 1. The first kappa shape index (κ1) is 16.8. The molecule has 0 unspecified atom stereocenters. The van der Waals surface area contributed by atoms with Gasteiger partial charge in [-0.25, -0.2) is 0 Å². The van der Waals surface area contributed by atoms with Crippen LogP contribution in [-0.4, -0.2) is 45.7 Å². The predicted octanol–water partition coefficient (Wildman–Crippen LogP) is 1.72. The lowest BCUT2D eigenvalue weighted by Gasteiger charge is -2.55. The highest BCUT2D eigenvalue weighted by Crippen LogP contribution is 2.75. The fourth-order valence-electron chi connectivity index (χ4n) is 7.24. The van der Waals surface area contributed by atoms with Crippen LogP contribution in [0.25, 0.3) is 0 Å². The van der Waals surface area contributed by atoms with Crippen molar-refractivity contribution in [2.45, 2.75) is 63.3 Å². The van der Waals surface area contributed by atoms with E-state index in [4.69, 9.17) is 4.74 Å². The lowest BCUT2D eigenvalue weighted by molar-refractivity contribution is -0.159. The minimum atomic E-state index is -1.46. The molecule has 7 atom stereocenters. The lowest BCUT2D eigenvalue weighted by Crippen LogP contribution is -2.61. The average molecular weight is 358 g/mol. The molecule has 0 aromatic heterocycles. The summed E-state index contributed by atoms with van der Waals surface area (Å²) >= 11 is 0. The van der Waals surface area contributed by atoms with Crippen LogP contribution in [-0.2, 0) is 14.3 Å². The van der Waals surface area contributed by atoms with Crippen LogP contribution in [0.2, 0.25) is 0 Å². The molecule has 5 nitrogen and oxygen atoms in total. The van der Waals surface area contributed by atoms with Gasteiger partial charge in [-0.1, -0.05) is 18.6 Å². The molecule has 0 aromatic carbocycles. The van der Waals surface area contributed by atoms with Crippen molar-refractivity contribution >= 4 is 11.6 Å². The summed E-state index contributed by atoms with van der Waals surface area (Å²) in [4.78, 5) is 24.3. The number of carbonyl (C=O) groups excluding carboxylic acids is 2. The van der Waals surface area contributed by atoms with Crippen LogP contribution in [0.5, 0.6) is 0 Å². The maximum atomic E-state index is 12.4. The highest BCUT2D eigenvalue weighted by molar-refractivity contribution is 6.01. The van der Waals surface area contributed by atoms with E-state index in [9.17, 15) is 19.8 Å². The average Bonchev–Trinajstić information content (AvgIpc) is 3.27. The number of hydrogen-bond donors (Lipinski definition) is 2. The van der Waals surface area contributed by atoms with Crippen LogP contribution in [0.1, 0.15) is 46.0 Å². The summed E-state index contributed by atoms with van der Waals surface area (Å²) in [5, 5.41) is 20.6. The molecule has 5 aliphatic rings. The van der Waals surface area contributed by atoms with E-state index in [1.54, 1.807) is 12.2 Å². The van der Waals surface area contributed by atoms with Crippen LogP contribution in [0.15, 0.2) is 23.8 Å².